The predicted molar refractivity (Wildman–Crippen MR) is 84.2 cm³/mol. The number of hydrazine groups is 1. The van der Waals surface area contributed by atoms with Crippen LogP contribution in [0.3, 0.4) is 0 Å². The first-order valence-electron chi connectivity index (χ1n) is 7.37. The number of rotatable bonds is 0. The number of fused-ring (bicyclic) bond motifs is 8. The Morgan fingerprint density at radius 2 is 2.19 bits per heavy atom. The van der Waals surface area contributed by atoms with E-state index in [9.17, 15) is 0 Å². The zero-order valence-corrected chi connectivity index (χ0v) is 13.3. The van der Waals surface area contributed by atoms with Gasteiger partial charge in [-0.2, -0.15) is 0 Å². The van der Waals surface area contributed by atoms with Gasteiger partial charge in [0.15, 0.2) is 0 Å². The Balaban J connectivity index is 1.83. The van der Waals surface area contributed by atoms with Crippen LogP contribution < -0.4 is 15.8 Å². The molecule has 0 aromatic carbocycles. The maximum atomic E-state index is 5.46. The van der Waals surface area contributed by atoms with E-state index in [-0.39, 0.29) is 12.3 Å². The lowest BCUT2D eigenvalue weighted by Crippen LogP contribution is -2.40. The molecule has 0 radical (unpaired) electrons. The van der Waals surface area contributed by atoms with Crippen molar-refractivity contribution in [3.63, 3.8) is 0 Å². The monoisotopic (exact) mass is 320 g/mol. The van der Waals surface area contributed by atoms with Gasteiger partial charge in [0, 0.05) is 10.4 Å². The fourth-order valence-corrected chi connectivity index (χ4v) is 5.38. The minimum Gasteiger partial charge on any atom is -0.276 e. The molecule has 0 amide bonds. The van der Waals surface area contributed by atoms with E-state index >= 15 is 0 Å². The molecule has 1 saturated heterocycles. The summed E-state index contributed by atoms with van der Waals surface area (Å²) in [7, 11) is 0. The zero-order valence-electron chi connectivity index (χ0n) is 11.6. The molecular weight excluding hydrogens is 304 g/mol. The lowest BCUT2D eigenvalue weighted by Gasteiger charge is -2.30. The quantitative estimate of drug-likeness (QED) is 0.649. The molecule has 4 heterocycles. The third-order valence-corrected chi connectivity index (χ3v) is 6.10. The number of H-pyrrole nitrogens is 1. The first-order chi connectivity index (χ1) is 10.2. The van der Waals surface area contributed by atoms with Gasteiger partial charge in [-0.3, -0.25) is 10.3 Å². The Labute approximate surface area is 131 Å². The Morgan fingerprint density at radius 1 is 1.33 bits per heavy atom. The molecule has 2 aromatic heterocycles. The highest BCUT2D eigenvalue weighted by atomic mass is 32.1. The van der Waals surface area contributed by atoms with Crippen molar-refractivity contribution in [2.45, 2.75) is 44.9 Å². The fourth-order valence-electron chi connectivity index (χ4n) is 3.67. The second-order valence-electron chi connectivity index (χ2n) is 5.88. The van der Waals surface area contributed by atoms with Gasteiger partial charge in [-0.25, -0.2) is 15.1 Å². The number of aromatic amines is 1. The van der Waals surface area contributed by atoms with Crippen LogP contribution in [0.4, 0.5) is 5.95 Å². The van der Waals surface area contributed by atoms with Crippen LogP contribution in [-0.2, 0) is 12.8 Å². The van der Waals surface area contributed by atoms with Crippen LogP contribution in [0.2, 0.25) is 0 Å². The minimum atomic E-state index is 0.158. The molecule has 6 nitrogen and oxygen atoms in total. The van der Waals surface area contributed by atoms with Gasteiger partial charge in [-0.1, -0.05) is 0 Å². The Hall–Kier alpha value is -1.22. The summed E-state index contributed by atoms with van der Waals surface area (Å²) >= 11 is 7.35. The van der Waals surface area contributed by atoms with Crippen molar-refractivity contribution in [3.8, 4) is 5.00 Å². The number of thiophene rings is 1. The van der Waals surface area contributed by atoms with Crippen LogP contribution in [-0.4, -0.2) is 20.9 Å². The molecule has 0 spiro atoms. The fraction of sp³-hybridized carbons (Fsp3) is 0.538. The normalized spacial score (nSPS) is 26.2. The lowest BCUT2D eigenvalue weighted by molar-refractivity contribution is 0.559. The number of aryl methyl sites for hydroxylation is 1. The van der Waals surface area contributed by atoms with E-state index in [1.807, 2.05) is 11.3 Å². The van der Waals surface area contributed by atoms with Crippen molar-refractivity contribution in [2.75, 3.05) is 5.01 Å². The van der Waals surface area contributed by atoms with E-state index in [0.717, 1.165) is 5.95 Å². The summed E-state index contributed by atoms with van der Waals surface area (Å²) in [5.74, 6) is 0.855. The van der Waals surface area contributed by atoms with Gasteiger partial charge in [0.05, 0.1) is 6.17 Å². The molecule has 21 heavy (non-hydrogen) atoms. The number of hydrogen-bond acceptors (Lipinski definition) is 6. The molecule has 1 fully saturated rings. The van der Waals surface area contributed by atoms with Gasteiger partial charge in [0.25, 0.3) is 0 Å². The van der Waals surface area contributed by atoms with Crippen LogP contribution in [0.25, 0.3) is 5.00 Å². The van der Waals surface area contributed by atoms with Crippen LogP contribution in [0.15, 0.2) is 0 Å². The van der Waals surface area contributed by atoms with Crippen molar-refractivity contribution < 1.29 is 0 Å². The number of nitrogens with one attached hydrogen (secondary N) is 3. The molecule has 2 aromatic rings. The van der Waals surface area contributed by atoms with E-state index < -0.39 is 0 Å². The topological polar surface area (TPSA) is 60.9 Å². The Bertz CT molecular complexity index is 787. The second-order valence-corrected chi connectivity index (χ2v) is 7.35. The standard InChI is InChI=1S/C13H16N6S2/c1-6-14-10-9-7-4-2-3-5-8(7)21-11(9)18-12(19(10)17-6)15-16-13(18)20/h6,10,14,17H,2-5H2,1H3,(H,16,20). The summed E-state index contributed by atoms with van der Waals surface area (Å²) in [4.78, 5) is 1.53. The molecule has 3 aliphatic rings. The first-order valence-corrected chi connectivity index (χ1v) is 8.60. The van der Waals surface area contributed by atoms with Crippen LogP contribution >= 0.6 is 23.6 Å². The molecule has 2 atom stereocenters. The van der Waals surface area contributed by atoms with Crippen LogP contribution in [0.5, 0.6) is 0 Å². The van der Waals surface area contributed by atoms with Gasteiger partial charge in [0.2, 0.25) is 10.7 Å². The molecule has 3 N–H and O–H groups in total. The molecule has 0 bridgehead atoms. The van der Waals surface area contributed by atoms with Crippen LogP contribution in [0, 0.1) is 4.77 Å². The Morgan fingerprint density at radius 3 is 3.10 bits per heavy atom. The summed E-state index contributed by atoms with van der Waals surface area (Å²) < 4.78 is 2.75. The summed E-state index contributed by atoms with van der Waals surface area (Å²) in [5, 5.41) is 14.3. The molecule has 8 heteroatoms. The van der Waals surface area contributed by atoms with E-state index in [0.29, 0.717) is 4.77 Å². The third-order valence-electron chi connectivity index (χ3n) is 4.54. The SMILES string of the molecule is CC1NC2c3c(sc4c3CCCC4)-n3c(n[nH]c3=S)N2N1. The summed E-state index contributed by atoms with van der Waals surface area (Å²) in [6.45, 7) is 2.13. The van der Waals surface area contributed by atoms with E-state index in [4.69, 9.17) is 12.2 Å². The van der Waals surface area contributed by atoms with Gasteiger partial charge in [0.1, 0.15) is 11.2 Å². The molecule has 2 aliphatic heterocycles. The minimum absolute atomic E-state index is 0.158. The summed E-state index contributed by atoms with van der Waals surface area (Å²) in [5.41, 5.74) is 6.38. The third kappa shape index (κ3) is 1.53. The highest BCUT2D eigenvalue weighted by Gasteiger charge is 2.42. The Kier molecular flexibility index (Phi) is 2.44. The van der Waals surface area contributed by atoms with Crippen molar-refractivity contribution in [2.24, 2.45) is 0 Å². The number of nitrogens with zero attached hydrogens (tertiary/aromatic N) is 3. The average Bonchev–Trinajstić information content (AvgIpc) is 3.12. The summed E-state index contributed by atoms with van der Waals surface area (Å²) in [6, 6.07) is 0. The van der Waals surface area contributed by atoms with Crippen molar-refractivity contribution >= 4 is 29.5 Å². The molecule has 5 rings (SSSR count). The molecule has 1 aliphatic carbocycles. The maximum Gasteiger partial charge on any atom is 0.247 e. The second kappa shape index (κ2) is 4.16. The van der Waals surface area contributed by atoms with Gasteiger partial charge < -0.3 is 0 Å². The maximum absolute atomic E-state index is 5.46. The highest BCUT2D eigenvalue weighted by molar-refractivity contribution is 7.71. The molecule has 0 saturated carbocycles. The molecule has 110 valence electrons. The lowest BCUT2D eigenvalue weighted by atomic mass is 9.94. The van der Waals surface area contributed by atoms with Crippen molar-refractivity contribution in [3.05, 3.63) is 20.8 Å². The predicted octanol–water partition coefficient (Wildman–Crippen LogP) is 2.14. The smallest absolute Gasteiger partial charge is 0.247 e. The van der Waals surface area contributed by atoms with Gasteiger partial charge >= 0.3 is 0 Å². The zero-order chi connectivity index (χ0) is 14.1. The van der Waals surface area contributed by atoms with E-state index in [2.05, 4.69) is 37.4 Å². The number of hydrogen-bond donors (Lipinski definition) is 3. The van der Waals surface area contributed by atoms with Crippen molar-refractivity contribution in [1.82, 2.24) is 25.5 Å². The first kappa shape index (κ1) is 12.3. The largest absolute Gasteiger partial charge is 0.276 e. The molecule has 2 unspecified atom stereocenters. The highest BCUT2D eigenvalue weighted by Crippen LogP contribution is 2.46. The van der Waals surface area contributed by atoms with Crippen LogP contribution in [0.1, 0.15) is 41.9 Å². The van der Waals surface area contributed by atoms with E-state index in [1.54, 1.807) is 0 Å². The number of anilines is 1. The van der Waals surface area contributed by atoms with Crippen molar-refractivity contribution in [1.29, 1.82) is 0 Å². The van der Waals surface area contributed by atoms with Gasteiger partial charge in [-0.15, -0.1) is 16.4 Å². The molecular formula is C13H16N6S2. The average molecular weight is 320 g/mol. The summed E-state index contributed by atoms with van der Waals surface area (Å²) in [6.07, 6.45) is 5.34. The van der Waals surface area contributed by atoms with E-state index in [1.165, 1.54) is 46.7 Å². The van der Waals surface area contributed by atoms with Gasteiger partial charge in [-0.05, 0) is 50.4 Å². The number of aromatic nitrogens is 3.